The highest BCUT2D eigenvalue weighted by Gasteiger charge is 2.12. The number of phenolic OH excluding ortho intramolecular Hbond substituents is 1. The summed E-state index contributed by atoms with van der Waals surface area (Å²) in [5.74, 6) is 0.841. The molecule has 0 radical (unpaired) electrons. The summed E-state index contributed by atoms with van der Waals surface area (Å²) < 4.78 is 9.44. The average molecular weight is 355 g/mol. The van der Waals surface area contributed by atoms with Gasteiger partial charge in [-0.15, -0.1) is 0 Å². The van der Waals surface area contributed by atoms with Crippen molar-refractivity contribution in [3.63, 3.8) is 0 Å². The van der Waals surface area contributed by atoms with Crippen molar-refractivity contribution in [2.75, 3.05) is 6.61 Å². The van der Waals surface area contributed by atoms with Gasteiger partial charge in [-0.05, 0) is 45.2 Å². The van der Waals surface area contributed by atoms with Crippen molar-refractivity contribution in [1.82, 2.24) is 0 Å². The smallest absolute Gasteiger partial charge is 0.405 e. The van der Waals surface area contributed by atoms with Gasteiger partial charge < -0.3 is 20.3 Å². The van der Waals surface area contributed by atoms with E-state index in [2.05, 4.69) is 18.6 Å². The van der Waals surface area contributed by atoms with Crippen LogP contribution in [0, 0.1) is 5.92 Å². The van der Waals surface area contributed by atoms with Crippen molar-refractivity contribution in [2.45, 2.75) is 60.0 Å². The summed E-state index contributed by atoms with van der Waals surface area (Å²) >= 11 is 0. The van der Waals surface area contributed by atoms with Crippen molar-refractivity contribution in [1.29, 1.82) is 0 Å². The average Bonchev–Trinajstić information content (AvgIpc) is 2.46. The Morgan fingerprint density at radius 2 is 1.68 bits per heavy atom. The number of ether oxygens (including phenoxy) is 2. The fraction of sp³-hybridized carbons (Fsp3) is 0.579. The fourth-order valence-corrected chi connectivity index (χ4v) is 1.24. The summed E-state index contributed by atoms with van der Waals surface area (Å²) in [7, 11) is 0. The quantitative estimate of drug-likeness (QED) is 0.786. The van der Waals surface area contributed by atoms with Crippen LogP contribution in [0.15, 0.2) is 30.3 Å². The van der Waals surface area contributed by atoms with Gasteiger partial charge in [0.15, 0.2) is 0 Å². The van der Waals surface area contributed by atoms with Crippen LogP contribution in [0.25, 0.3) is 0 Å². The largest absolute Gasteiger partial charge is 0.508 e. The van der Waals surface area contributed by atoms with E-state index in [4.69, 9.17) is 15.6 Å². The Morgan fingerprint density at radius 3 is 1.92 bits per heavy atom. The van der Waals surface area contributed by atoms with Crippen molar-refractivity contribution in [3.8, 4) is 5.75 Å². The molecule has 0 atom stereocenters. The molecule has 0 unspecified atom stereocenters. The van der Waals surface area contributed by atoms with Gasteiger partial charge in [-0.2, -0.15) is 0 Å². The summed E-state index contributed by atoms with van der Waals surface area (Å²) in [4.78, 5) is 20.6. The van der Waals surface area contributed by atoms with Crippen LogP contribution >= 0.6 is 0 Å². The Labute approximate surface area is 151 Å². The second kappa shape index (κ2) is 14.1. The number of aromatic hydroxyl groups is 1. The van der Waals surface area contributed by atoms with Gasteiger partial charge in [0.25, 0.3) is 0 Å². The summed E-state index contributed by atoms with van der Waals surface area (Å²) in [6, 6.07) is 8.71. The van der Waals surface area contributed by atoms with E-state index in [1.807, 2.05) is 6.07 Å². The molecule has 0 aliphatic carbocycles. The number of amides is 1. The van der Waals surface area contributed by atoms with Crippen LogP contribution in [0.3, 0.4) is 0 Å². The molecule has 3 N–H and O–H groups in total. The van der Waals surface area contributed by atoms with Crippen LogP contribution in [0.4, 0.5) is 4.79 Å². The third kappa shape index (κ3) is 24.1. The molecule has 1 aromatic carbocycles. The van der Waals surface area contributed by atoms with Gasteiger partial charge in [0.1, 0.15) is 11.4 Å². The van der Waals surface area contributed by atoms with Crippen LogP contribution in [0.2, 0.25) is 0 Å². The minimum absolute atomic E-state index is 0.0966. The number of para-hydroxylation sites is 1. The van der Waals surface area contributed by atoms with Crippen molar-refractivity contribution >= 4 is 12.1 Å². The molecule has 1 rings (SSSR count). The maximum Gasteiger partial charge on any atom is 0.405 e. The number of esters is 1. The highest BCUT2D eigenvalue weighted by Crippen LogP contribution is 2.05. The molecule has 25 heavy (non-hydrogen) atoms. The first-order valence-corrected chi connectivity index (χ1v) is 8.36. The lowest BCUT2D eigenvalue weighted by Crippen LogP contribution is -2.27. The van der Waals surface area contributed by atoms with Crippen LogP contribution < -0.4 is 5.73 Å². The molecular formula is C19H33NO5. The molecule has 0 saturated carbocycles. The fourth-order valence-electron chi connectivity index (χ4n) is 1.24. The van der Waals surface area contributed by atoms with Crippen molar-refractivity contribution in [2.24, 2.45) is 11.7 Å². The van der Waals surface area contributed by atoms with Crippen LogP contribution in [0.5, 0.6) is 5.75 Å². The lowest BCUT2D eigenvalue weighted by molar-refractivity contribution is -0.143. The number of phenols is 1. The molecule has 0 heterocycles. The summed E-state index contributed by atoms with van der Waals surface area (Å²) in [5.41, 5.74) is 4.26. The molecule has 1 aromatic rings. The third-order valence-corrected chi connectivity index (χ3v) is 2.41. The molecule has 144 valence electrons. The molecule has 1 amide bonds. The van der Waals surface area contributed by atoms with Crippen LogP contribution in [-0.4, -0.2) is 29.4 Å². The number of carbonyl (C=O) groups is 2. The first-order valence-electron chi connectivity index (χ1n) is 8.36. The molecule has 6 heteroatoms. The lowest BCUT2D eigenvalue weighted by Gasteiger charge is -2.16. The number of hydrogen-bond donors (Lipinski definition) is 2. The topological polar surface area (TPSA) is 98.9 Å². The SMILES string of the molecule is CC(C)(C)OC(N)=O.CCC(=O)OCCC(C)C.Oc1ccccc1. The molecule has 0 spiro atoms. The van der Waals surface area contributed by atoms with Gasteiger partial charge in [-0.25, -0.2) is 4.79 Å². The zero-order valence-corrected chi connectivity index (χ0v) is 16.2. The normalized spacial score (nSPS) is 9.88. The van der Waals surface area contributed by atoms with Gasteiger partial charge in [-0.1, -0.05) is 39.0 Å². The van der Waals surface area contributed by atoms with Gasteiger partial charge in [0.05, 0.1) is 6.61 Å². The monoisotopic (exact) mass is 355 g/mol. The van der Waals surface area contributed by atoms with E-state index in [-0.39, 0.29) is 5.97 Å². The highest BCUT2D eigenvalue weighted by molar-refractivity contribution is 5.68. The Hall–Kier alpha value is -2.24. The summed E-state index contributed by atoms with van der Waals surface area (Å²) in [6.07, 6.45) is 0.724. The Morgan fingerprint density at radius 1 is 1.16 bits per heavy atom. The first kappa shape index (κ1) is 25.0. The molecule has 0 bridgehead atoms. The number of rotatable bonds is 4. The van der Waals surface area contributed by atoms with Gasteiger partial charge in [-0.3, -0.25) is 4.79 Å². The van der Waals surface area contributed by atoms with Crippen molar-refractivity contribution in [3.05, 3.63) is 30.3 Å². The van der Waals surface area contributed by atoms with Crippen LogP contribution in [-0.2, 0) is 14.3 Å². The van der Waals surface area contributed by atoms with E-state index >= 15 is 0 Å². The van der Waals surface area contributed by atoms with E-state index in [1.165, 1.54) is 0 Å². The van der Waals surface area contributed by atoms with Crippen LogP contribution in [0.1, 0.15) is 54.4 Å². The van der Waals surface area contributed by atoms with E-state index in [0.29, 0.717) is 24.7 Å². The van der Waals surface area contributed by atoms with E-state index in [9.17, 15) is 9.59 Å². The molecule has 0 aromatic heterocycles. The third-order valence-electron chi connectivity index (χ3n) is 2.41. The second-order valence-electron chi connectivity index (χ2n) is 6.63. The second-order valence-corrected chi connectivity index (χ2v) is 6.63. The number of benzene rings is 1. The zero-order valence-electron chi connectivity index (χ0n) is 16.2. The molecule has 0 aliphatic heterocycles. The van der Waals surface area contributed by atoms with Gasteiger partial charge in [0.2, 0.25) is 0 Å². The minimum Gasteiger partial charge on any atom is -0.508 e. The molecule has 0 aliphatic rings. The van der Waals surface area contributed by atoms with E-state index < -0.39 is 11.7 Å². The maximum atomic E-state index is 10.6. The molecule has 0 fully saturated rings. The van der Waals surface area contributed by atoms with E-state index in [1.54, 1.807) is 52.0 Å². The maximum absolute atomic E-state index is 10.6. The number of nitrogens with two attached hydrogens (primary N) is 1. The molecule has 0 saturated heterocycles. The Bertz CT molecular complexity index is 466. The Kier molecular flexibility index (Phi) is 14.1. The Balaban J connectivity index is 0. The number of primary amides is 1. The van der Waals surface area contributed by atoms with E-state index in [0.717, 1.165) is 6.42 Å². The molecular weight excluding hydrogens is 322 g/mol. The predicted molar refractivity (Wildman–Crippen MR) is 99.2 cm³/mol. The standard InChI is InChI=1S/C8H16O2.C6H6O.C5H11NO2/c1-4-8(9)10-6-5-7(2)3;7-6-4-2-1-3-5-6;1-5(2,3)8-4(6)7/h7H,4-6H2,1-3H3;1-5,7H;1-3H3,(H2,6,7). The molecule has 6 nitrogen and oxygen atoms in total. The predicted octanol–water partition coefficient (Wildman–Crippen LogP) is 4.26. The summed E-state index contributed by atoms with van der Waals surface area (Å²) in [6.45, 7) is 11.9. The highest BCUT2D eigenvalue weighted by atomic mass is 16.6. The summed E-state index contributed by atoms with van der Waals surface area (Å²) in [5, 5.41) is 8.63. The first-order chi connectivity index (χ1) is 11.5. The van der Waals surface area contributed by atoms with Gasteiger partial charge >= 0.3 is 12.1 Å². The lowest BCUT2D eigenvalue weighted by atomic mass is 10.1. The zero-order chi connectivity index (χ0) is 19.9. The number of hydrogen-bond acceptors (Lipinski definition) is 5. The minimum atomic E-state index is -0.725. The number of carbonyl (C=O) groups excluding carboxylic acids is 2. The van der Waals surface area contributed by atoms with Crippen molar-refractivity contribution < 1.29 is 24.2 Å². The van der Waals surface area contributed by atoms with Gasteiger partial charge in [0, 0.05) is 6.42 Å².